The van der Waals surface area contributed by atoms with Gasteiger partial charge in [0.2, 0.25) is 0 Å². The number of carbonyl (C=O) groups is 4. The third-order valence-electron chi connectivity index (χ3n) is 4.49. The van der Waals surface area contributed by atoms with Gasteiger partial charge in [-0.05, 0) is 6.42 Å². The summed E-state index contributed by atoms with van der Waals surface area (Å²) in [4.78, 5) is 44.8. The van der Waals surface area contributed by atoms with E-state index in [4.69, 9.17) is 10.2 Å². The average molecular weight is 402 g/mol. The van der Waals surface area contributed by atoms with Crippen LogP contribution in [0.25, 0.3) is 0 Å². The lowest BCUT2D eigenvalue weighted by Gasteiger charge is -2.19. The summed E-state index contributed by atoms with van der Waals surface area (Å²) in [5, 5.41) is 27.2. The number of ether oxygens (including phenoxy) is 1. The molecule has 0 aliphatic rings. The average Bonchev–Trinajstić information content (AvgIpc) is 2.58. The topological polar surface area (TPSA) is 138 Å². The molecular formula is C20H34O8. The van der Waals surface area contributed by atoms with E-state index in [1.165, 1.54) is 44.9 Å². The summed E-state index contributed by atoms with van der Waals surface area (Å²) in [6.07, 6.45) is 10.0. The Morgan fingerprint density at radius 1 is 0.714 bits per heavy atom. The molecule has 0 fully saturated rings. The molecule has 0 aromatic rings. The Hall–Kier alpha value is -1.96. The van der Waals surface area contributed by atoms with Crippen LogP contribution in [0.2, 0.25) is 0 Å². The van der Waals surface area contributed by atoms with Gasteiger partial charge in [0.15, 0.2) is 5.60 Å². The highest BCUT2D eigenvalue weighted by atomic mass is 16.6. The van der Waals surface area contributed by atoms with Crippen molar-refractivity contribution >= 4 is 23.9 Å². The lowest BCUT2D eigenvalue weighted by molar-refractivity contribution is -0.174. The van der Waals surface area contributed by atoms with Crippen LogP contribution >= 0.6 is 0 Å². The first-order valence-corrected chi connectivity index (χ1v) is 10.1. The fourth-order valence-corrected chi connectivity index (χ4v) is 2.85. The molecule has 8 heteroatoms. The lowest BCUT2D eigenvalue weighted by atomic mass is 9.96. The predicted molar refractivity (Wildman–Crippen MR) is 102 cm³/mol. The van der Waals surface area contributed by atoms with E-state index in [-0.39, 0.29) is 6.42 Å². The molecule has 0 bridgehead atoms. The molecule has 1 unspecified atom stereocenters. The Morgan fingerprint density at radius 2 is 1.18 bits per heavy atom. The smallest absolute Gasteiger partial charge is 0.336 e. The second-order valence-electron chi connectivity index (χ2n) is 7.22. The van der Waals surface area contributed by atoms with Crippen molar-refractivity contribution in [1.29, 1.82) is 0 Å². The Morgan fingerprint density at radius 3 is 1.61 bits per heavy atom. The Balaban J connectivity index is 3.84. The molecule has 0 amide bonds. The summed E-state index contributed by atoms with van der Waals surface area (Å²) in [6, 6.07) is 0. The molecule has 0 radical (unpaired) electrons. The number of aliphatic carboxylic acids is 2. The van der Waals surface area contributed by atoms with Crippen LogP contribution in [0.4, 0.5) is 0 Å². The lowest BCUT2D eigenvalue weighted by Crippen LogP contribution is -2.43. The molecule has 0 saturated carbocycles. The molecule has 0 rings (SSSR count). The van der Waals surface area contributed by atoms with Gasteiger partial charge in [-0.1, -0.05) is 71.1 Å². The van der Waals surface area contributed by atoms with Crippen molar-refractivity contribution in [1.82, 2.24) is 0 Å². The number of carboxylic acids is 2. The van der Waals surface area contributed by atoms with E-state index in [0.29, 0.717) is 6.42 Å². The van der Waals surface area contributed by atoms with E-state index in [9.17, 15) is 24.3 Å². The number of rotatable bonds is 17. The maximum atomic E-state index is 11.6. The van der Waals surface area contributed by atoms with Crippen molar-refractivity contribution in [2.24, 2.45) is 0 Å². The molecular weight excluding hydrogens is 368 g/mol. The van der Waals surface area contributed by atoms with Gasteiger partial charge in [-0.3, -0.25) is 14.4 Å². The van der Waals surface area contributed by atoms with Gasteiger partial charge in [-0.2, -0.15) is 0 Å². The van der Waals surface area contributed by atoms with E-state index < -0.39 is 42.3 Å². The highest BCUT2D eigenvalue weighted by Crippen LogP contribution is 2.17. The molecule has 0 aromatic heterocycles. The van der Waals surface area contributed by atoms with Gasteiger partial charge >= 0.3 is 23.9 Å². The fraction of sp³-hybridized carbons (Fsp3) is 0.800. The highest BCUT2D eigenvalue weighted by Gasteiger charge is 2.41. The standard InChI is InChI=1S/C20H34O8/c1-2-3-4-5-6-7-8-9-10-11-12-13-17(23)28-18(24)15-20(27,19(25)26)14-16(21)22/h27H,2-15H2,1H3,(H,21,22)(H,25,26). The minimum absolute atomic E-state index is 0.0210. The molecule has 0 aliphatic heterocycles. The SMILES string of the molecule is CCCCCCCCCCCCCC(=O)OC(=O)CC(O)(CC(=O)O)C(=O)O. The van der Waals surface area contributed by atoms with Crippen LogP contribution in [-0.2, 0) is 23.9 Å². The summed E-state index contributed by atoms with van der Waals surface area (Å²) < 4.78 is 4.48. The van der Waals surface area contributed by atoms with Crippen LogP contribution in [0.15, 0.2) is 0 Å². The zero-order valence-corrected chi connectivity index (χ0v) is 16.8. The fourth-order valence-electron chi connectivity index (χ4n) is 2.85. The number of hydrogen-bond acceptors (Lipinski definition) is 6. The molecule has 162 valence electrons. The van der Waals surface area contributed by atoms with Crippen LogP contribution in [-0.4, -0.2) is 44.8 Å². The van der Waals surface area contributed by atoms with E-state index in [1.807, 2.05) is 0 Å². The van der Waals surface area contributed by atoms with Gasteiger partial charge in [0, 0.05) is 6.42 Å². The molecule has 8 nitrogen and oxygen atoms in total. The number of hydrogen-bond donors (Lipinski definition) is 3. The minimum atomic E-state index is -2.79. The van der Waals surface area contributed by atoms with Gasteiger partial charge < -0.3 is 20.1 Å². The normalized spacial score (nSPS) is 12.9. The third-order valence-corrected chi connectivity index (χ3v) is 4.49. The van der Waals surface area contributed by atoms with Gasteiger partial charge in [-0.25, -0.2) is 4.79 Å². The highest BCUT2D eigenvalue weighted by molar-refractivity contribution is 5.92. The van der Waals surface area contributed by atoms with Crippen LogP contribution in [0, 0.1) is 0 Å². The molecule has 0 aliphatic carbocycles. The van der Waals surface area contributed by atoms with Crippen LogP contribution in [0.1, 0.15) is 96.8 Å². The van der Waals surface area contributed by atoms with E-state index in [2.05, 4.69) is 11.7 Å². The van der Waals surface area contributed by atoms with Crippen molar-refractivity contribution in [3.8, 4) is 0 Å². The Kier molecular flexibility index (Phi) is 14.0. The molecule has 1 atom stereocenters. The minimum Gasteiger partial charge on any atom is -0.481 e. The predicted octanol–water partition coefficient (Wildman–Crippen LogP) is 3.44. The van der Waals surface area contributed by atoms with Crippen molar-refractivity contribution in [3.05, 3.63) is 0 Å². The molecule has 28 heavy (non-hydrogen) atoms. The summed E-state index contributed by atoms with van der Waals surface area (Å²) in [5.74, 6) is -5.49. The second-order valence-corrected chi connectivity index (χ2v) is 7.22. The van der Waals surface area contributed by atoms with Crippen LogP contribution in [0.5, 0.6) is 0 Å². The molecule has 0 heterocycles. The molecule has 0 saturated heterocycles. The summed E-state index contributed by atoms with van der Waals surface area (Å²) in [5.41, 5.74) is -2.79. The van der Waals surface area contributed by atoms with Crippen LogP contribution in [0.3, 0.4) is 0 Å². The first kappa shape index (κ1) is 26.0. The van der Waals surface area contributed by atoms with Gasteiger partial charge in [0.05, 0.1) is 12.8 Å². The van der Waals surface area contributed by atoms with Gasteiger partial charge in [-0.15, -0.1) is 0 Å². The summed E-state index contributed by atoms with van der Waals surface area (Å²) in [7, 11) is 0. The zero-order valence-electron chi connectivity index (χ0n) is 16.8. The van der Waals surface area contributed by atoms with Crippen molar-refractivity contribution in [3.63, 3.8) is 0 Å². The second kappa shape index (κ2) is 15.0. The number of carboxylic acid groups (broad SMARTS) is 2. The van der Waals surface area contributed by atoms with Crippen molar-refractivity contribution < 1.29 is 39.2 Å². The van der Waals surface area contributed by atoms with Gasteiger partial charge in [0.25, 0.3) is 0 Å². The van der Waals surface area contributed by atoms with E-state index >= 15 is 0 Å². The van der Waals surface area contributed by atoms with Gasteiger partial charge in [0.1, 0.15) is 0 Å². The summed E-state index contributed by atoms with van der Waals surface area (Å²) >= 11 is 0. The number of carbonyl (C=O) groups excluding carboxylic acids is 2. The van der Waals surface area contributed by atoms with Crippen LogP contribution < -0.4 is 0 Å². The number of aliphatic hydroxyl groups is 1. The summed E-state index contributed by atoms with van der Waals surface area (Å²) in [6.45, 7) is 2.20. The largest absolute Gasteiger partial charge is 0.481 e. The van der Waals surface area contributed by atoms with Crippen molar-refractivity contribution in [2.45, 2.75) is 102 Å². The first-order chi connectivity index (χ1) is 13.2. The number of unbranched alkanes of at least 4 members (excludes halogenated alkanes) is 10. The monoisotopic (exact) mass is 402 g/mol. The Bertz CT molecular complexity index is 502. The molecule has 0 spiro atoms. The third kappa shape index (κ3) is 13.2. The zero-order chi connectivity index (χ0) is 21.4. The number of esters is 2. The van der Waals surface area contributed by atoms with E-state index in [0.717, 1.165) is 19.3 Å². The molecule has 0 aromatic carbocycles. The van der Waals surface area contributed by atoms with E-state index in [1.54, 1.807) is 0 Å². The maximum absolute atomic E-state index is 11.6. The molecule has 3 N–H and O–H groups in total. The Labute approximate surface area is 166 Å². The first-order valence-electron chi connectivity index (χ1n) is 10.1. The maximum Gasteiger partial charge on any atom is 0.336 e. The van der Waals surface area contributed by atoms with Crippen molar-refractivity contribution in [2.75, 3.05) is 0 Å². The quantitative estimate of drug-likeness (QED) is 0.191.